The Morgan fingerprint density at radius 3 is 2.94 bits per heavy atom. The van der Waals surface area contributed by atoms with E-state index in [1.165, 1.54) is 5.56 Å². The molecule has 1 aromatic rings. The fourth-order valence-electron chi connectivity index (χ4n) is 1.48. The third-order valence-corrected chi connectivity index (χ3v) is 3.44. The molecule has 84 valence electrons. The Balaban J connectivity index is 1.89. The summed E-state index contributed by atoms with van der Waals surface area (Å²) in [5.41, 5.74) is 6.31. The fraction of sp³-hybridized carbons (Fsp3) is 0.273. The lowest BCUT2D eigenvalue weighted by atomic mass is 10.1. The number of hydrogen-bond acceptors (Lipinski definition) is 4. The second-order valence-corrected chi connectivity index (χ2v) is 4.67. The number of benzene rings is 1. The molecule has 1 atom stereocenters. The molecule has 1 unspecified atom stereocenters. The highest BCUT2D eigenvalue weighted by Crippen LogP contribution is 2.33. The minimum absolute atomic E-state index is 0.146. The van der Waals surface area contributed by atoms with Crippen molar-refractivity contribution in [2.75, 3.05) is 13.1 Å². The number of carbonyl (C=O) groups excluding carboxylic acids is 1. The van der Waals surface area contributed by atoms with Gasteiger partial charge in [-0.1, -0.05) is 42.1 Å². The molecule has 1 amide bonds. The van der Waals surface area contributed by atoms with Crippen LogP contribution >= 0.6 is 11.8 Å². The van der Waals surface area contributed by atoms with Gasteiger partial charge in [0.05, 0.1) is 18.3 Å². The van der Waals surface area contributed by atoms with Crippen LogP contribution in [-0.2, 0) is 4.79 Å². The Morgan fingerprint density at radius 1 is 1.50 bits per heavy atom. The van der Waals surface area contributed by atoms with Gasteiger partial charge < -0.3 is 11.1 Å². The lowest BCUT2D eigenvalue weighted by molar-refractivity contribution is -0.116. The molecule has 0 aliphatic carbocycles. The highest BCUT2D eigenvalue weighted by molar-refractivity contribution is 8.14. The second-order valence-electron chi connectivity index (χ2n) is 3.48. The topological polar surface area (TPSA) is 67.5 Å². The molecule has 1 aliphatic rings. The van der Waals surface area contributed by atoms with Crippen molar-refractivity contribution in [1.29, 1.82) is 0 Å². The second kappa shape index (κ2) is 5.03. The molecule has 0 spiro atoms. The van der Waals surface area contributed by atoms with Gasteiger partial charge in [0.1, 0.15) is 0 Å². The zero-order chi connectivity index (χ0) is 11.4. The van der Waals surface area contributed by atoms with Gasteiger partial charge in [-0.3, -0.25) is 9.79 Å². The molecular weight excluding hydrogens is 222 g/mol. The van der Waals surface area contributed by atoms with Crippen molar-refractivity contribution in [3.63, 3.8) is 0 Å². The maximum atomic E-state index is 10.6. The molecule has 0 aromatic heterocycles. The maximum Gasteiger partial charge on any atom is 0.236 e. The number of rotatable bonds is 3. The Labute approximate surface area is 98.3 Å². The molecule has 5 heteroatoms. The lowest BCUT2D eigenvalue weighted by Gasteiger charge is -2.08. The summed E-state index contributed by atoms with van der Waals surface area (Å²) in [6, 6.07) is 10.2. The molecule has 0 fully saturated rings. The summed E-state index contributed by atoms with van der Waals surface area (Å²) in [5, 5.41) is 4.06. The van der Waals surface area contributed by atoms with Gasteiger partial charge in [-0.2, -0.15) is 0 Å². The SMILES string of the molecule is NC(=O)CNC1=NCC(c2ccccc2)S1. The number of thioether (sulfide) groups is 1. The third-order valence-electron chi connectivity index (χ3n) is 2.24. The molecule has 3 N–H and O–H groups in total. The summed E-state index contributed by atoms with van der Waals surface area (Å²) < 4.78 is 0. The number of amides is 1. The Morgan fingerprint density at radius 2 is 2.25 bits per heavy atom. The Hall–Kier alpha value is -1.49. The van der Waals surface area contributed by atoms with Crippen molar-refractivity contribution < 1.29 is 4.79 Å². The highest BCUT2D eigenvalue weighted by atomic mass is 32.2. The Kier molecular flexibility index (Phi) is 3.46. The van der Waals surface area contributed by atoms with E-state index >= 15 is 0 Å². The number of nitrogens with two attached hydrogens (primary N) is 1. The molecule has 0 bridgehead atoms. The van der Waals surface area contributed by atoms with Crippen LogP contribution < -0.4 is 11.1 Å². The summed E-state index contributed by atoms with van der Waals surface area (Å²) in [4.78, 5) is 14.9. The summed E-state index contributed by atoms with van der Waals surface area (Å²) in [7, 11) is 0. The summed E-state index contributed by atoms with van der Waals surface area (Å²) in [5.74, 6) is -0.369. The van der Waals surface area contributed by atoms with Gasteiger partial charge in [-0.15, -0.1) is 0 Å². The van der Waals surface area contributed by atoms with Crippen LogP contribution in [0.1, 0.15) is 10.8 Å². The van der Waals surface area contributed by atoms with Crippen LogP contribution in [0.5, 0.6) is 0 Å². The predicted molar refractivity (Wildman–Crippen MR) is 66.3 cm³/mol. The first-order valence-electron chi connectivity index (χ1n) is 5.04. The van der Waals surface area contributed by atoms with E-state index in [2.05, 4.69) is 22.4 Å². The predicted octanol–water partition coefficient (Wildman–Crippen LogP) is 0.905. The summed E-state index contributed by atoms with van der Waals surface area (Å²) in [6.45, 7) is 0.892. The van der Waals surface area contributed by atoms with Crippen molar-refractivity contribution in [1.82, 2.24) is 5.32 Å². The standard InChI is InChI=1S/C11H13N3OS/c12-10(15)7-14-11-13-6-9(16-11)8-4-2-1-3-5-8/h1-5,9H,6-7H2,(H2,12,15)(H,13,14). The average molecular weight is 235 g/mol. The molecule has 1 aromatic carbocycles. The normalized spacial score (nSPS) is 19.2. The molecule has 2 rings (SSSR count). The van der Waals surface area contributed by atoms with Crippen LogP contribution in [0.3, 0.4) is 0 Å². The van der Waals surface area contributed by atoms with Crippen molar-refractivity contribution in [2.45, 2.75) is 5.25 Å². The summed E-state index contributed by atoms with van der Waals surface area (Å²) >= 11 is 1.64. The van der Waals surface area contributed by atoms with Crippen molar-refractivity contribution in [2.24, 2.45) is 10.7 Å². The average Bonchev–Trinajstić information content (AvgIpc) is 2.76. The Bertz CT molecular complexity index is 405. The summed E-state index contributed by atoms with van der Waals surface area (Å²) in [6.07, 6.45) is 0. The van der Waals surface area contributed by atoms with E-state index in [0.29, 0.717) is 5.25 Å². The van der Waals surface area contributed by atoms with Crippen LogP contribution in [0.25, 0.3) is 0 Å². The van der Waals surface area contributed by atoms with Gasteiger partial charge in [-0.05, 0) is 5.56 Å². The number of carbonyl (C=O) groups is 1. The van der Waals surface area contributed by atoms with E-state index in [9.17, 15) is 4.79 Å². The number of primary amides is 1. The number of amidine groups is 1. The van der Waals surface area contributed by atoms with Crippen molar-refractivity contribution >= 4 is 22.8 Å². The number of hydrogen-bond donors (Lipinski definition) is 2. The van der Waals surface area contributed by atoms with Gasteiger partial charge in [-0.25, -0.2) is 0 Å². The van der Waals surface area contributed by atoms with Gasteiger partial charge in [0, 0.05) is 0 Å². The fourth-order valence-corrected chi connectivity index (χ4v) is 2.49. The minimum Gasteiger partial charge on any atom is -0.368 e. The molecule has 0 saturated heterocycles. The van der Waals surface area contributed by atoms with Crippen LogP contribution in [0.15, 0.2) is 35.3 Å². The smallest absolute Gasteiger partial charge is 0.236 e. The van der Waals surface area contributed by atoms with Gasteiger partial charge in [0.15, 0.2) is 5.17 Å². The van der Waals surface area contributed by atoms with Crippen molar-refractivity contribution in [3.05, 3.63) is 35.9 Å². The zero-order valence-corrected chi connectivity index (χ0v) is 9.54. The number of aliphatic imine (C=N–C) groups is 1. The first-order valence-corrected chi connectivity index (χ1v) is 5.92. The van der Waals surface area contributed by atoms with E-state index in [-0.39, 0.29) is 12.5 Å². The van der Waals surface area contributed by atoms with E-state index in [4.69, 9.17) is 5.73 Å². The van der Waals surface area contributed by atoms with E-state index in [1.54, 1.807) is 11.8 Å². The van der Waals surface area contributed by atoms with Gasteiger partial charge in [0.25, 0.3) is 0 Å². The number of nitrogens with zero attached hydrogens (tertiary/aromatic N) is 1. The molecule has 1 heterocycles. The van der Waals surface area contributed by atoms with Gasteiger partial charge in [0.2, 0.25) is 5.91 Å². The molecular formula is C11H13N3OS. The van der Waals surface area contributed by atoms with E-state index < -0.39 is 0 Å². The van der Waals surface area contributed by atoms with Crippen LogP contribution in [0.2, 0.25) is 0 Å². The highest BCUT2D eigenvalue weighted by Gasteiger charge is 2.20. The quantitative estimate of drug-likeness (QED) is 0.818. The van der Waals surface area contributed by atoms with E-state index in [0.717, 1.165) is 11.7 Å². The van der Waals surface area contributed by atoms with Gasteiger partial charge >= 0.3 is 0 Å². The first-order chi connectivity index (χ1) is 7.75. The van der Waals surface area contributed by atoms with E-state index in [1.807, 2.05) is 18.2 Å². The largest absolute Gasteiger partial charge is 0.368 e. The molecule has 4 nitrogen and oxygen atoms in total. The molecule has 0 radical (unpaired) electrons. The third kappa shape index (κ3) is 2.76. The monoisotopic (exact) mass is 235 g/mol. The maximum absolute atomic E-state index is 10.6. The minimum atomic E-state index is -0.369. The zero-order valence-electron chi connectivity index (χ0n) is 8.72. The molecule has 0 saturated carbocycles. The number of nitrogens with one attached hydrogen (secondary N) is 1. The first kappa shape index (κ1) is 11.0. The molecule has 16 heavy (non-hydrogen) atoms. The molecule has 1 aliphatic heterocycles. The van der Waals surface area contributed by atoms with Crippen LogP contribution in [0, 0.1) is 0 Å². The van der Waals surface area contributed by atoms with Crippen LogP contribution in [0.4, 0.5) is 0 Å². The van der Waals surface area contributed by atoms with Crippen molar-refractivity contribution in [3.8, 4) is 0 Å². The lowest BCUT2D eigenvalue weighted by Crippen LogP contribution is -2.31. The van der Waals surface area contributed by atoms with Crippen LogP contribution in [-0.4, -0.2) is 24.2 Å².